The van der Waals surface area contributed by atoms with Gasteiger partial charge >= 0.3 is 0 Å². The Kier molecular flexibility index (Phi) is 4.01. The van der Waals surface area contributed by atoms with E-state index < -0.39 is 15.7 Å². The van der Waals surface area contributed by atoms with Crippen molar-refractivity contribution in [1.29, 1.82) is 0 Å². The summed E-state index contributed by atoms with van der Waals surface area (Å²) in [5.41, 5.74) is 0.313. The molecule has 6 heteroatoms. The Morgan fingerprint density at radius 2 is 2.21 bits per heavy atom. The van der Waals surface area contributed by atoms with Crippen molar-refractivity contribution < 1.29 is 17.6 Å². The molecule has 1 heterocycles. The van der Waals surface area contributed by atoms with E-state index in [1.807, 2.05) is 0 Å². The molecule has 0 aromatic heterocycles. The molecule has 0 spiro atoms. The lowest BCUT2D eigenvalue weighted by molar-refractivity contribution is 0.0926. The van der Waals surface area contributed by atoms with Crippen LogP contribution in [0.1, 0.15) is 16.8 Å². The molecule has 0 N–H and O–H groups in total. The van der Waals surface area contributed by atoms with Crippen molar-refractivity contribution in [2.75, 3.05) is 25.1 Å². The van der Waals surface area contributed by atoms with Crippen LogP contribution in [0.5, 0.6) is 0 Å². The number of Topliss-reactive ketones (excluding diaryl/α,β-unsaturated/α-hetero) is 1. The van der Waals surface area contributed by atoms with Gasteiger partial charge in [0.25, 0.3) is 0 Å². The van der Waals surface area contributed by atoms with Crippen LogP contribution in [-0.4, -0.2) is 50.2 Å². The molecular formula is C13H16FNO3S. The summed E-state index contributed by atoms with van der Waals surface area (Å²) in [6.45, 7) is 0.101. The van der Waals surface area contributed by atoms with E-state index in [0.717, 1.165) is 0 Å². The van der Waals surface area contributed by atoms with E-state index in [4.69, 9.17) is 0 Å². The van der Waals surface area contributed by atoms with Crippen molar-refractivity contribution in [3.63, 3.8) is 0 Å². The predicted octanol–water partition coefficient (Wildman–Crippen LogP) is 1.13. The number of halogens is 1. The summed E-state index contributed by atoms with van der Waals surface area (Å²) in [4.78, 5) is 13.7. The molecule has 0 radical (unpaired) electrons. The highest BCUT2D eigenvalue weighted by Crippen LogP contribution is 2.17. The molecule has 2 rings (SSSR count). The number of carbonyl (C=O) groups is 1. The molecule has 1 saturated heterocycles. The first-order valence-corrected chi connectivity index (χ1v) is 7.89. The Morgan fingerprint density at radius 1 is 1.47 bits per heavy atom. The third kappa shape index (κ3) is 3.61. The van der Waals surface area contributed by atoms with Crippen LogP contribution >= 0.6 is 0 Å². The van der Waals surface area contributed by atoms with E-state index in [1.165, 1.54) is 18.2 Å². The number of benzene rings is 1. The maximum absolute atomic E-state index is 13.0. The number of ketones is 1. The van der Waals surface area contributed by atoms with E-state index in [0.29, 0.717) is 12.0 Å². The van der Waals surface area contributed by atoms with Crippen LogP contribution < -0.4 is 0 Å². The quantitative estimate of drug-likeness (QED) is 0.778. The molecule has 1 fully saturated rings. The number of nitrogens with zero attached hydrogens (tertiary/aromatic N) is 1. The third-order valence-corrected chi connectivity index (χ3v) is 5.12. The lowest BCUT2D eigenvalue weighted by Gasteiger charge is -2.22. The largest absolute Gasteiger partial charge is 0.295 e. The van der Waals surface area contributed by atoms with Gasteiger partial charge in [-0.3, -0.25) is 9.69 Å². The standard InChI is InChI=1S/C13H16FNO3S/c1-15(12-5-6-19(17,18)9-12)8-13(16)10-3-2-4-11(14)7-10/h2-4,7,12H,5-6,8-9H2,1H3. The van der Waals surface area contributed by atoms with Gasteiger partial charge < -0.3 is 0 Å². The van der Waals surface area contributed by atoms with Crippen LogP contribution in [0.3, 0.4) is 0 Å². The number of rotatable bonds is 4. The van der Waals surface area contributed by atoms with E-state index >= 15 is 0 Å². The van der Waals surface area contributed by atoms with Crippen molar-refractivity contribution in [1.82, 2.24) is 4.90 Å². The highest BCUT2D eigenvalue weighted by molar-refractivity contribution is 7.91. The minimum atomic E-state index is -2.96. The summed E-state index contributed by atoms with van der Waals surface area (Å²) >= 11 is 0. The third-order valence-electron chi connectivity index (χ3n) is 3.37. The minimum absolute atomic E-state index is 0.0972. The molecule has 1 aliphatic heterocycles. The zero-order valence-electron chi connectivity index (χ0n) is 10.7. The van der Waals surface area contributed by atoms with Gasteiger partial charge in [-0.15, -0.1) is 0 Å². The van der Waals surface area contributed by atoms with Gasteiger partial charge in [0.2, 0.25) is 0 Å². The zero-order chi connectivity index (χ0) is 14.0. The van der Waals surface area contributed by atoms with Crippen molar-refractivity contribution in [3.05, 3.63) is 35.6 Å². The molecular weight excluding hydrogens is 269 g/mol. The van der Waals surface area contributed by atoms with E-state index in [2.05, 4.69) is 0 Å². The number of hydrogen-bond donors (Lipinski definition) is 0. The highest BCUT2D eigenvalue weighted by atomic mass is 32.2. The molecule has 0 bridgehead atoms. The van der Waals surface area contributed by atoms with Crippen LogP contribution in [0.2, 0.25) is 0 Å². The second-order valence-electron chi connectivity index (χ2n) is 4.91. The molecule has 1 aromatic rings. The molecule has 19 heavy (non-hydrogen) atoms. The average molecular weight is 285 g/mol. The number of hydrogen-bond acceptors (Lipinski definition) is 4. The second kappa shape index (κ2) is 5.38. The Morgan fingerprint density at radius 3 is 2.79 bits per heavy atom. The lowest BCUT2D eigenvalue weighted by Crippen LogP contribution is -2.36. The summed E-state index contributed by atoms with van der Waals surface area (Å²) in [7, 11) is -1.24. The van der Waals surface area contributed by atoms with Crippen molar-refractivity contribution in [3.8, 4) is 0 Å². The smallest absolute Gasteiger partial charge is 0.176 e. The minimum Gasteiger partial charge on any atom is -0.295 e. The normalized spacial score (nSPS) is 21.7. The lowest BCUT2D eigenvalue weighted by atomic mass is 10.1. The summed E-state index contributed by atoms with van der Waals surface area (Å²) in [5.74, 6) is -0.376. The maximum atomic E-state index is 13.0. The van der Waals surface area contributed by atoms with E-state index in [9.17, 15) is 17.6 Å². The fourth-order valence-electron chi connectivity index (χ4n) is 2.23. The fourth-order valence-corrected chi connectivity index (χ4v) is 4.04. The van der Waals surface area contributed by atoms with Crippen LogP contribution in [0, 0.1) is 5.82 Å². The summed E-state index contributed by atoms with van der Waals surface area (Å²) < 4.78 is 35.8. The van der Waals surface area contributed by atoms with Gasteiger partial charge in [0.05, 0.1) is 18.1 Å². The average Bonchev–Trinajstić information content (AvgIpc) is 2.69. The number of likely N-dealkylation sites (N-methyl/N-ethyl adjacent to an activating group) is 1. The second-order valence-corrected chi connectivity index (χ2v) is 7.13. The summed E-state index contributed by atoms with van der Waals surface area (Å²) in [6, 6.07) is 5.40. The van der Waals surface area contributed by atoms with Crippen molar-refractivity contribution >= 4 is 15.6 Å². The topological polar surface area (TPSA) is 54.5 Å². The van der Waals surface area contributed by atoms with Crippen LogP contribution in [-0.2, 0) is 9.84 Å². The van der Waals surface area contributed by atoms with Crippen LogP contribution in [0.15, 0.2) is 24.3 Å². The first-order valence-electron chi connectivity index (χ1n) is 6.07. The van der Waals surface area contributed by atoms with Crippen LogP contribution in [0.25, 0.3) is 0 Å². The first-order chi connectivity index (χ1) is 8.87. The zero-order valence-corrected chi connectivity index (χ0v) is 11.5. The Labute approximate surface area is 112 Å². The Hall–Kier alpha value is -1.27. The molecule has 1 atom stereocenters. The summed E-state index contributed by atoms with van der Waals surface area (Å²) in [6.07, 6.45) is 0.551. The van der Waals surface area contributed by atoms with Gasteiger partial charge in [-0.25, -0.2) is 12.8 Å². The maximum Gasteiger partial charge on any atom is 0.176 e. The Balaban J connectivity index is 2.00. The molecule has 4 nitrogen and oxygen atoms in total. The van der Waals surface area contributed by atoms with Crippen LogP contribution in [0.4, 0.5) is 4.39 Å². The molecule has 104 valence electrons. The molecule has 1 aliphatic rings. The van der Waals surface area contributed by atoms with Gasteiger partial charge in [-0.2, -0.15) is 0 Å². The number of carbonyl (C=O) groups excluding carboxylic acids is 1. The van der Waals surface area contributed by atoms with Gasteiger partial charge in [-0.05, 0) is 25.6 Å². The molecule has 1 unspecified atom stereocenters. The van der Waals surface area contributed by atoms with Gasteiger partial charge in [0, 0.05) is 11.6 Å². The van der Waals surface area contributed by atoms with Gasteiger partial charge in [0.15, 0.2) is 15.6 Å². The fraction of sp³-hybridized carbons (Fsp3) is 0.462. The van der Waals surface area contributed by atoms with Gasteiger partial charge in [0.1, 0.15) is 5.82 Å². The predicted molar refractivity (Wildman–Crippen MR) is 70.4 cm³/mol. The first kappa shape index (κ1) is 14.1. The summed E-state index contributed by atoms with van der Waals surface area (Å²) in [5, 5.41) is 0. The van der Waals surface area contributed by atoms with Gasteiger partial charge in [-0.1, -0.05) is 12.1 Å². The van der Waals surface area contributed by atoms with Crippen molar-refractivity contribution in [2.24, 2.45) is 0 Å². The molecule has 0 saturated carbocycles. The SMILES string of the molecule is CN(CC(=O)c1cccc(F)c1)C1CCS(=O)(=O)C1. The van der Waals surface area contributed by atoms with Crippen molar-refractivity contribution in [2.45, 2.75) is 12.5 Å². The Bertz CT molecular complexity index is 585. The molecule has 1 aromatic carbocycles. The van der Waals surface area contributed by atoms with E-state index in [-0.39, 0.29) is 29.9 Å². The molecule has 0 aliphatic carbocycles. The highest BCUT2D eigenvalue weighted by Gasteiger charge is 2.31. The van der Waals surface area contributed by atoms with E-state index in [1.54, 1.807) is 18.0 Å². The monoisotopic (exact) mass is 285 g/mol. The number of sulfone groups is 1. The molecule has 0 amide bonds.